The SMILES string of the molecule is [Ni][P](C1CCCCC1)C1CCCCC1. The Labute approximate surface area is 97.4 Å². The first kappa shape index (κ1) is 11.4. The van der Waals surface area contributed by atoms with E-state index < -0.39 is 0 Å². The summed E-state index contributed by atoms with van der Waals surface area (Å²) in [7, 11) is 0. The Bertz CT molecular complexity index is 142. The van der Waals surface area contributed by atoms with Crippen LogP contribution in [0.4, 0.5) is 0 Å². The molecule has 0 N–H and O–H groups in total. The summed E-state index contributed by atoms with van der Waals surface area (Å²) in [6, 6.07) is 0. The average molecular weight is 256 g/mol. The molecule has 2 heteroatoms. The monoisotopic (exact) mass is 255 g/mol. The average Bonchev–Trinajstić information content (AvgIpc) is 2.30. The molecule has 0 aliphatic heterocycles. The van der Waals surface area contributed by atoms with Gasteiger partial charge in [0.2, 0.25) is 0 Å². The standard InChI is InChI=1S/C12H22P.Ni/c1-3-7-11(8-4-1)13-12-9-5-2-6-10-12;/h11-12H,1-10H2;/q-1;+1. The predicted molar refractivity (Wildman–Crippen MR) is 60.7 cm³/mol. The van der Waals surface area contributed by atoms with Crippen molar-refractivity contribution in [3.8, 4) is 0 Å². The molecule has 2 aliphatic rings. The Balaban J connectivity index is 1.82. The van der Waals surface area contributed by atoms with Gasteiger partial charge in [0.1, 0.15) is 0 Å². The fourth-order valence-corrected chi connectivity index (χ4v) is 6.70. The first-order chi connectivity index (χ1) is 6.88. The molecule has 0 aromatic rings. The van der Waals surface area contributed by atoms with E-state index in [1.807, 2.05) is 0 Å². The molecule has 0 amide bonds. The first-order valence-electron chi connectivity index (χ1n) is 6.29. The van der Waals surface area contributed by atoms with Gasteiger partial charge in [0.25, 0.3) is 0 Å². The van der Waals surface area contributed by atoms with Crippen molar-refractivity contribution in [1.29, 1.82) is 0 Å². The van der Waals surface area contributed by atoms with E-state index in [2.05, 4.69) is 0 Å². The minimum absolute atomic E-state index is 0.00811. The molecule has 2 rings (SSSR count). The maximum atomic E-state index is 5.52. The molecule has 0 nitrogen and oxygen atoms in total. The molecule has 85 valence electrons. The van der Waals surface area contributed by atoms with Crippen molar-refractivity contribution in [2.45, 2.75) is 75.5 Å². The zero-order valence-corrected chi connectivity index (χ0v) is 10.9. The third kappa shape index (κ3) is 2.96. The maximum absolute atomic E-state index is 5.52. The van der Waals surface area contributed by atoms with E-state index in [0.717, 1.165) is 11.3 Å². The summed E-state index contributed by atoms with van der Waals surface area (Å²) in [4.78, 5) is 0. The summed E-state index contributed by atoms with van der Waals surface area (Å²) in [5.41, 5.74) is 1.98. The van der Waals surface area contributed by atoms with Crippen LogP contribution in [0, 0.1) is 0 Å². The molecular formula is C12H22NiP. The van der Waals surface area contributed by atoms with E-state index in [4.69, 9.17) is 15.0 Å². The molecule has 0 aromatic heterocycles. The molecule has 0 unspecified atom stereocenters. The Morgan fingerprint density at radius 3 is 1.36 bits per heavy atom. The van der Waals surface area contributed by atoms with Crippen molar-refractivity contribution in [3.05, 3.63) is 0 Å². The van der Waals surface area contributed by atoms with Gasteiger partial charge >= 0.3 is 97.3 Å². The van der Waals surface area contributed by atoms with Gasteiger partial charge in [0, 0.05) is 0 Å². The third-order valence-electron chi connectivity index (χ3n) is 3.80. The van der Waals surface area contributed by atoms with Crippen LogP contribution >= 0.6 is 6.70 Å². The van der Waals surface area contributed by atoms with Gasteiger partial charge in [-0.3, -0.25) is 0 Å². The van der Waals surface area contributed by atoms with E-state index in [1.54, 1.807) is 0 Å². The minimum atomic E-state index is 0.00811. The Hall–Kier alpha value is 0.924. The topological polar surface area (TPSA) is 0 Å². The molecule has 0 atom stereocenters. The molecule has 2 saturated carbocycles. The van der Waals surface area contributed by atoms with E-state index in [-0.39, 0.29) is 6.70 Å². The summed E-state index contributed by atoms with van der Waals surface area (Å²) in [6.45, 7) is 0.00811. The van der Waals surface area contributed by atoms with Crippen molar-refractivity contribution in [3.63, 3.8) is 0 Å². The van der Waals surface area contributed by atoms with E-state index in [9.17, 15) is 0 Å². The van der Waals surface area contributed by atoms with Gasteiger partial charge in [0.15, 0.2) is 0 Å². The van der Waals surface area contributed by atoms with Crippen LogP contribution in [0.15, 0.2) is 0 Å². The fraction of sp³-hybridized carbons (Fsp3) is 1.00. The van der Waals surface area contributed by atoms with Crippen molar-refractivity contribution in [1.82, 2.24) is 0 Å². The van der Waals surface area contributed by atoms with Gasteiger partial charge in [-0.2, -0.15) is 0 Å². The molecule has 0 heterocycles. The van der Waals surface area contributed by atoms with Crippen molar-refractivity contribution in [2.24, 2.45) is 0 Å². The van der Waals surface area contributed by atoms with Crippen LogP contribution in [0.3, 0.4) is 0 Å². The second-order valence-electron chi connectivity index (χ2n) is 4.90. The van der Waals surface area contributed by atoms with Crippen LogP contribution in [0.1, 0.15) is 64.2 Å². The number of rotatable bonds is 2. The van der Waals surface area contributed by atoms with E-state index >= 15 is 0 Å². The van der Waals surface area contributed by atoms with Gasteiger partial charge in [0.05, 0.1) is 0 Å². The molecule has 0 saturated heterocycles. The predicted octanol–water partition coefficient (Wildman–Crippen LogP) is 4.60. The van der Waals surface area contributed by atoms with Gasteiger partial charge < -0.3 is 0 Å². The molecule has 2 fully saturated rings. The molecule has 0 aromatic carbocycles. The second kappa shape index (κ2) is 5.86. The van der Waals surface area contributed by atoms with Gasteiger partial charge in [-0.1, -0.05) is 0 Å². The number of hydrogen-bond donors (Lipinski definition) is 0. The van der Waals surface area contributed by atoms with Gasteiger partial charge in [-0.25, -0.2) is 0 Å². The zero-order chi connectivity index (χ0) is 9.80. The normalized spacial score (nSPS) is 27.1. The zero-order valence-electron chi connectivity index (χ0n) is 8.99. The van der Waals surface area contributed by atoms with Crippen molar-refractivity contribution < 1.29 is 15.0 Å². The fourth-order valence-electron chi connectivity index (χ4n) is 2.92. The van der Waals surface area contributed by atoms with Gasteiger partial charge in [-0.15, -0.1) is 0 Å². The molecule has 0 radical (unpaired) electrons. The van der Waals surface area contributed by atoms with Crippen molar-refractivity contribution >= 4 is 6.70 Å². The van der Waals surface area contributed by atoms with E-state index in [1.165, 1.54) is 64.2 Å². The quantitative estimate of drug-likeness (QED) is 0.500. The molecule has 0 spiro atoms. The molecule has 0 bridgehead atoms. The summed E-state index contributed by atoms with van der Waals surface area (Å²) < 4.78 is 0. The first-order valence-corrected chi connectivity index (χ1v) is 8.93. The molecule has 14 heavy (non-hydrogen) atoms. The summed E-state index contributed by atoms with van der Waals surface area (Å²) in [5.74, 6) is 0. The van der Waals surface area contributed by atoms with Crippen molar-refractivity contribution in [2.75, 3.05) is 0 Å². The van der Waals surface area contributed by atoms with E-state index in [0.29, 0.717) is 0 Å². The van der Waals surface area contributed by atoms with Crippen LogP contribution in [-0.2, 0) is 15.0 Å². The van der Waals surface area contributed by atoms with Crippen LogP contribution in [-0.4, -0.2) is 11.3 Å². The Morgan fingerprint density at radius 2 is 1.00 bits per heavy atom. The molecular weight excluding hydrogens is 234 g/mol. The van der Waals surface area contributed by atoms with Crippen LogP contribution < -0.4 is 0 Å². The summed E-state index contributed by atoms with van der Waals surface area (Å²) in [6.07, 6.45) is 14.7. The summed E-state index contributed by atoms with van der Waals surface area (Å²) in [5, 5.41) is 0. The van der Waals surface area contributed by atoms with Crippen LogP contribution in [0.2, 0.25) is 0 Å². The molecule has 2 aliphatic carbocycles. The second-order valence-corrected chi connectivity index (χ2v) is 8.51. The van der Waals surface area contributed by atoms with Crippen LogP contribution in [0.5, 0.6) is 0 Å². The van der Waals surface area contributed by atoms with Gasteiger partial charge in [-0.05, 0) is 0 Å². The summed E-state index contributed by atoms with van der Waals surface area (Å²) >= 11 is 5.52. The number of hydrogen-bond acceptors (Lipinski definition) is 0. The Morgan fingerprint density at radius 1 is 0.643 bits per heavy atom. The Kier molecular flexibility index (Phi) is 4.77. The third-order valence-corrected chi connectivity index (χ3v) is 8.30. The van der Waals surface area contributed by atoms with Crippen LogP contribution in [0.25, 0.3) is 0 Å².